The Morgan fingerprint density at radius 1 is 1.19 bits per heavy atom. The number of nitrogens with one attached hydrogen (secondary N) is 1. The standard InChI is InChI=1S/C14H23NO/c1-4-12-7-5-6-8-13(12)11-15-14(2,3)9-10-16/h5-8,15-16H,4,9-11H2,1-3H3. The van der Waals surface area contributed by atoms with Crippen molar-refractivity contribution in [1.82, 2.24) is 5.32 Å². The molecule has 0 aliphatic heterocycles. The Morgan fingerprint density at radius 2 is 1.81 bits per heavy atom. The zero-order valence-corrected chi connectivity index (χ0v) is 10.6. The maximum atomic E-state index is 8.96. The van der Waals surface area contributed by atoms with Crippen molar-refractivity contribution in [1.29, 1.82) is 0 Å². The Hall–Kier alpha value is -0.860. The molecule has 0 aliphatic carbocycles. The van der Waals surface area contributed by atoms with Gasteiger partial charge in [0.1, 0.15) is 0 Å². The summed E-state index contributed by atoms with van der Waals surface area (Å²) in [6, 6.07) is 8.51. The minimum Gasteiger partial charge on any atom is -0.396 e. The van der Waals surface area contributed by atoms with Crippen molar-refractivity contribution in [2.75, 3.05) is 6.61 Å². The highest BCUT2D eigenvalue weighted by Gasteiger charge is 2.16. The number of hydrogen-bond acceptors (Lipinski definition) is 2. The minimum absolute atomic E-state index is 0.00436. The second-order valence-corrected chi connectivity index (χ2v) is 4.83. The molecule has 0 unspecified atom stereocenters. The van der Waals surface area contributed by atoms with Crippen LogP contribution in [0.3, 0.4) is 0 Å². The third-order valence-corrected chi connectivity index (χ3v) is 2.99. The summed E-state index contributed by atoms with van der Waals surface area (Å²) < 4.78 is 0. The summed E-state index contributed by atoms with van der Waals surface area (Å²) in [5.41, 5.74) is 2.75. The fourth-order valence-electron chi connectivity index (χ4n) is 1.78. The van der Waals surface area contributed by atoms with E-state index >= 15 is 0 Å². The van der Waals surface area contributed by atoms with E-state index in [1.54, 1.807) is 0 Å². The van der Waals surface area contributed by atoms with Crippen LogP contribution in [0.15, 0.2) is 24.3 Å². The summed E-state index contributed by atoms with van der Waals surface area (Å²) in [6.07, 6.45) is 1.85. The van der Waals surface area contributed by atoms with Crippen molar-refractivity contribution in [3.63, 3.8) is 0 Å². The Balaban J connectivity index is 2.60. The molecule has 0 saturated heterocycles. The van der Waals surface area contributed by atoms with E-state index in [0.717, 1.165) is 19.4 Å². The summed E-state index contributed by atoms with van der Waals surface area (Å²) in [6.45, 7) is 7.53. The Morgan fingerprint density at radius 3 is 2.38 bits per heavy atom. The van der Waals surface area contributed by atoms with Crippen molar-refractivity contribution in [2.24, 2.45) is 0 Å². The Labute approximate surface area is 98.7 Å². The third-order valence-electron chi connectivity index (χ3n) is 2.99. The summed E-state index contributed by atoms with van der Waals surface area (Å²) in [5, 5.41) is 12.5. The number of aliphatic hydroxyl groups is 1. The second-order valence-electron chi connectivity index (χ2n) is 4.83. The average Bonchev–Trinajstić information content (AvgIpc) is 2.27. The van der Waals surface area contributed by atoms with Crippen LogP contribution in [0, 0.1) is 0 Å². The van der Waals surface area contributed by atoms with Gasteiger partial charge in [0.15, 0.2) is 0 Å². The Bertz CT molecular complexity index is 320. The molecule has 0 heterocycles. The Kier molecular flexibility index (Phi) is 4.97. The van der Waals surface area contributed by atoms with Crippen molar-refractivity contribution < 1.29 is 5.11 Å². The number of rotatable bonds is 6. The van der Waals surface area contributed by atoms with E-state index in [1.807, 2.05) is 0 Å². The lowest BCUT2D eigenvalue weighted by molar-refractivity contribution is 0.230. The van der Waals surface area contributed by atoms with Crippen LogP contribution in [0.4, 0.5) is 0 Å². The topological polar surface area (TPSA) is 32.3 Å². The highest BCUT2D eigenvalue weighted by atomic mass is 16.3. The number of aryl methyl sites for hydroxylation is 1. The summed E-state index contributed by atoms with van der Waals surface area (Å²) in [7, 11) is 0. The van der Waals surface area contributed by atoms with E-state index in [1.165, 1.54) is 11.1 Å². The molecule has 0 amide bonds. The first-order chi connectivity index (χ1) is 7.59. The number of aliphatic hydroxyl groups excluding tert-OH is 1. The van der Waals surface area contributed by atoms with E-state index in [0.29, 0.717) is 0 Å². The molecule has 1 aromatic rings. The van der Waals surface area contributed by atoms with E-state index < -0.39 is 0 Å². The van der Waals surface area contributed by atoms with Gasteiger partial charge in [0, 0.05) is 18.7 Å². The predicted molar refractivity (Wildman–Crippen MR) is 68.4 cm³/mol. The largest absolute Gasteiger partial charge is 0.396 e. The molecule has 0 spiro atoms. The van der Waals surface area contributed by atoms with Crippen LogP contribution in [0.2, 0.25) is 0 Å². The van der Waals surface area contributed by atoms with Crippen molar-refractivity contribution >= 4 is 0 Å². The van der Waals surface area contributed by atoms with Gasteiger partial charge in [-0.25, -0.2) is 0 Å². The monoisotopic (exact) mass is 221 g/mol. The molecule has 2 N–H and O–H groups in total. The van der Waals surface area contributed by atoms with Gasteiger partial charge >= 0.3 is 0 Å². The zero-order valence-electron chi connectivity index (χ0n) is 10.6. The quantitative estimate of drug-likeness (QED) is 0.773. The lowest BCUT2D eigenvalue weighted by Gasteiger charge is -2.26. The van der Waals surface area contributed by atoms with Gasteiger partial charge in [0.2, 0.25) is 0 Å². The van der Waals surface area contributed by atoms with Gasteiger partial charge in [-0.15, -0.1) is 0 Å². The fraction of sp³-hybridized carbons (Fsp3) is 0.571. The van der Waals surface area contributed by atoms with Crippen LogP contribution in [0.1, 0.15) is 38.3 Å². The molecule has 0 bridgehead atoms. The molecule has 0 radical (unpaired) electrons. The van der Waals surface area contributed by atoms with Crippen LogP contribution >= 0.6 is 0 Å². The summed E-state index contributed by atoms with van der Waals surface area (Å²) in [5.74, 6) is 0. The van der Waals surface area contributed by atoms with Gasteiger partial charge in [-0.2, -0.15) is 0 Å². The molecule has 1 aromatic carbocycles. The molecule has 0 fully saturated rings. The van der Waals surface area contributed by atoms with Gasteiger partial charge in [-0.3, -0.25) is 0 Å². The van der Waals surface area contributed by atoms with Crippen molar-refractivity contribution in [3.8, 4) is 0 Å². The van der Waals surface area contributed by atoms with Crippen LogP contribution in [0.25, 0.3) is 0 Å². The van der Waals surface area contributed by atoms with Gasteiger partial charge in [-0.1, -0.05) is 31.2 Å². The van der Waals surface area contributed by atoms with E-state index in [4.69, 9.17) is 5.11 Å². The first-order valence-electron chi connectivity index (χ1n) is 6.01. The highest BCUT2D eigenvalue weighted by Crippen LogP contribution is 2.13. The van der Waals surface area contributed by atoms with Gasteiger partial charge in [0.05, 0.1) is 0 Å². The molecule has 90 valence electrons. The highest BCUT2D eigenvalue weighted by molar-refractivity contribution is 5.26. The minimum atomic E-state index is -0.00436. The molecule has 16 heavy (non-hydrogen) atoms. The smallest absolute Gasteiger partial charge is 0.0448 e. The average molecular weight is 221 g/mol. The lowest BCUT2D eigenvalue weighted by Crippen LogP contribution is -2.39. The SMILES string of the molecule is CCc1ccccc1CNC(C)(C)CCO. The fourth-order valence-corrected chi connectivity index (χ4v) is 1.78. The third kappa shape index (κ3) is 3.95. The maximum absolute atomic E-state index is 8.96. The van der Waals surface area contributed by atoms with Crippen molar-refractivity contribution in [2.45, 2.75) is 45.7 Å². The van der Waals surface area contributed by atoms with Gasteiger partial charge in [0.25, 0.3) is 0 Å². The molecular weight excluding hydrogens is 198 g/mol. The molecule has 0 aliphatic rings. The molecule has 0 aromatic heterocycles. The van der Waals surface area contributed by atoms with Gasteiger partial charge in [-0.05, 0) is 37.8 Å². The molecule has 2 nitrogen and oxygen atoms in total. The van der Waals surface area contributed by atoms with E-state index in [2.05, 4.69) is 50.4 Å². The number of hydrogen-bond donors (Lipinski definition) is 2. The molecule has 1 rings (SSSR count). The van der Waals surface area contributed by atoms with Crippen LogP contribution in [-0.2, 0) is 13.0 Å². The number of benzene rings is 1. The van der Waals surface area contributed by atoms with E-state index in [-0.39, 0.29) is 12.1 Å². The van der Waals surface area contributed by atoms with Crippen molar-refractivity contribution in [3.05, 3.63) is 35.4 Å². The summed E-state index contributed by atoms with van der Waals surface area (Å²) in [4.78, 5) is 0. The van der Waals surface area contributed by atoms with E-state index in [9.17, 15) is 0 Å². The normalized spacial score (nSPS) is 11.8. The molecule has 2 heteroatoms. The maximum Gasteiger partial charge on any atom is 0.0448 e. The first kappa shape index (κ1) is 13.2. The summed E-state index contributed by atoms with van der Waals surface area (Å²) >= 11 is 0. The zero-order chi connectivity index (χ0) is 12.0. The second kappa shape index (κ2) is 6.02. The van der Waals surface area contributed by atoms with Crippen LogP contribution in [-0.4, -0.2) is 17.3 Å². The van der Waals surface area contributed by atoms with Crippen LogP contribution < -0.4 is 5.32 Å². The lowest BCUT2D eigenvalue weighted by atomic mass is 9.99. The molecule has 0 saturated carbocycles. The predicted octanol–water partition coefficient (Wildman–Crippen LogP) is 2.50. The molecule has 0 atom stereocenters. The van der Waals surface area contributed by atoms with Gasteiger partial charge < -0.3 is 10.4 Å². The first-order valence-corrected chi connectivity index (χ1v) is 6.01. The molecular formula is C14H23NO. The van der Waals surface area contributed by atoms with Crippen LogP contribution in [0.5, 0.6) is 0 Å².